The topological polar surface area (TPSA) is 67.2 Å². The summed E-state index contributed by atoms with van der Waals surface area (Å²) in [7, 11) is 0. The molecular weight excluding hydrogens is 334 g/mol. The van der Waals surface area contributed by atoms with Crippen molar-refractivity contribution in [3.63, 3.8) is 0 Å². The Morgan fingerprint density at radius 2 is 2.08 bits per heavy atom. The Bertz CT molecular complexity index is 905. The monoisotopic (exact) mass is 353 g/mol. The van der Waals surface area contributed by atoms with E-state index in [1.165, 1.54) is 23.4 Å². The third-order valence-electron chi connectivity index (χ3n) is 3.69. The minimum Gasteiger partial charge on any atom is -0.508 e. The molecule has 0 aliphatic rings. The van der Waals surface area contributed by atoms with E-state index in [0.29, 0.717) is 5.69 Å². The van der Waals surface area contributed by atoms with Crippen molar-refractivity contribution >= 4 is 23.4 Å². The van der Waals surface area contributed by atoms with E-state index in [2.05, 4.69) is 42.3 Å². The van der Waals surface area contributed by atoms with Crippen LogP contribution in [0.1, 0.15) is 11.1 Å². The van der Waals surface area contributed by atoms with Crippen LogP contribution in [0.5, 0.6) is 5.75 Å². The summed E-state index contributed by atoms with van der Waals surface area (Å²) in [5, 5.41) is 13.0. The van der Waals surface area contributed by atoms with Crippen molar-refractivity contribution in [2.45, 2.75) is 19.0 Å². The Balaban J connectivity index is 1.69. The van der Waals surface area contributed by atoms with E-state index in [-0.39, 0.29) is 17.4 Å². The largest absolute Gasteiger partial charge is 0.508 e. The van der Waals surface area contributed by atoms with Gasteiger partial charge >= 0.3 is 0 Å². The molecule has 0 unspecified atom stereocenters. The summed E-state index contributed by atoms with van der Waals surface area (Å²) in [6.07, 6.45) is 3.63. The SMILES string of the molecule is Cc1ccc(C)c(-n2ccnc2SCC(=O)Nc2cccc(O)c2)c1. The molecule has 0 spiro atoms. The maximum absolute atomic E-state index is 12.1. The number of imidazole rings is 1. The van der Waals surface area contributed by atoms with Crippen LogP contribution in [0.25, 0.3) is 5.69 Å². The lowest BCUT2D eigenvalue weighted by molar-refractivity contribution is -0.113. The van der Waals surface area contributed by atoms with Gasteiger partial charge in [-0.3, -0.25) is 9.36 Å². The molecule has 3 rings (SSSR count). The molecule has 0 saturated heterocycles. The first-order valence-corrected chi connectivity index (χ1v) is 8.84. The third-order valence-corrected chi connectivity index (χ3v) is 4.66. The highest BCUT2D eigenvalue weighted by atomic mass is 32.2. The average Bonchev–Trinajstić information content (AvgIpc) is 3.03. The molecule has 5 nitrogen and oxygen atoms in total. The van der Waals surface area contributed by atoms with Crippen molar-refractivity contribution in [1.29, 1.82) is 0 Å². The summed E-state index contributed by atoms with van der Waals surface area (Å²) >= 11 is 1.37. The fourth-order valence-corrected chi connectivity index (χ4v) is 3.24. The number of phenols is 1. The number of carbonyl (C=O) groups excluding carboxylic acids is 1. The number of anilines is 1. The number of thioether (sulfide) groups is 1. The predicted molar refractivity (Wildman–Crippen MR) is 100 cm³/mol. The van der Waals surface area contributed by atoms with Crippen molar-refractivity contribution in [3.8, 4) is 11.4 Å². The summed E-state index contributed by atoms with van der Waals surface area (Å²) in [6.45, 7) is 4.10. The number of benzene rings is 2. The average molecular weight is 353 g/mol. The van der Waals surface area contributed by atoms with Gasteiger partial charge in [0.05, 0.1) is 11.4 Å². The molecule has 6 heteroatoms. The summed E-state index contributed by atoms with van der Waals surface area (Å²) in [5.74, 6) is 0.208. The highest BCUT2D eigenvalue weighted by molar-refractivity contribution is 7.99. The number of amides is 1. The molecule has 25 heavy (non-hydrogen) atoms. The number of rotatable bonds is 5. The van der Waals surface area contributed by atoms with Gasteiger partial charge < -0.3 is 10.4 Å². The predicted octanol–water partition coefficient (Wildman–Crippen LogP) is 3.93. The number of carbonyl (C=O) groups is 1. The van der Waals surface area contributed by atoms with Crippen LogP contribution in [0.15, 0.2) is 60.0 Å². The smallest absolute Gasteiger partial charge is 0.234 e. The Morgan fingerprint density at radius 3 is 2.88 bits per heavy atom. The molecular formula is C19H19N3O2S. The molecule has 0 atom stereocenters. The molecule has 3 aromatic rings. The number of hydrogen-bond acceptors (Lipinski definition) is 4. The van der Waals surface area contributed by atoms with Crippen molar-refractivity contribution in [2.75, 3.05) is 11.1 Å². The maximum Gasteiger partial charge on any atom is 0.234 e. The van der Waals surface area contributed by atoms with E-state index in [4.69, 9.17) is 0 Å². The number of nitrogens with one attached hydrogen (secondary N) is 1. The number of hydrogen-bond donors (Lipinski definition) is 2. The van der Waals surface area contributed by atoms with Gasteiger partial charge in [-0.1, -0.05) is 30.0 Å². The van der Waals surface area contributed by atoms with Gasteiger partial charge in [-0.15, -0.1) is 0 Å². The highest BCUT2D eigenvalue weighted by Crippen LogP contribution is 2.24. The van der Waals surface area contributed by atoms with Gasteiger partial charge in [-0.2, -0.15) is 0 Å². The molecule has 0 bridgehead atoms. The molecule has 1 aromatic heterocycles. The molecule has 1 amide bonds. The quantitative estimate of drug-likeness (QED) is 0.682. The van der Waals surface area contributed by atoms with Crippen molar-refractivity contribution in [2.24, 2.45) is 0 Å². The zero-order chi connectivity index (χ0) is 17.8. The van der Waals surface area contributed by atoms with E-state index >= 15 is 0 Å². The zero-order valence-electron chi connectivity index (χ0n) is 14.1. The minimum atomic E-state index is -0.147. The summed E-state index contributed by atoms with van der Waals surface area (Å²) < 4.78 is 1.99. The van der Waals surface area contributed by atoms with Crippen molar-refractivity contribution < 1.29 is 9.90 Å². The second-order valence-electron chi connectivity index (χ2n) is 5.76. The fraction of sp³-hybridized carbons (Fsp3) is 0.158. The Morgan fingerprint density at radius 1 is 1.24 bits per heavy atom. The lowest BCUT2D eigenvalue weighted by atomic mass is 10.1. The molecule has 0 aliphatic heterocycles. The van der Waals surface area contributed by atoms with Crippen LogP contribution in [0.3, 0.4) is 0 Å². The Labute approximate surface area is 150 Å². The van der Waals surface area contributed by atoms with Crippen molar-refractivity contribution in [3.05, 3.63) is 66.0 Å². The van der Waals surface area contributed by atoms with Crippen LogP contribution in [0.2, 0.25) is 0 Å². The van der Waals surface area contributed by atoms with Crippen LogP contribution in [0, 0.1) is 13.8 Å². The van der Waals surface area contributed by atoms with E-state index in [0.717, 1.165) is 16.4 Å². The van der Waals surface area contributed by atoms with Gasteiger partial charge in [-0.05, 0) is 43.2 Å². The van der Waals surface area contributed by atoms with Crippen LogP contribution in [0.4, 0.5) is 5.69 Å². The lowest BCUT2D eigenvalue weighted by Gasteiger charge is -2.11. The first-order chi connectivity index (χ1) is 12.0. The molecule has 0 saturated carbocycles. The van der Waals surface area contributed by atoms with Crippen LogP contribution < -0.4 is 5.32 Å². The molecule has 128 valence electrons. The molecule has 2 N–H and O–H groups in total. The summed E-state index contributed by atoms with van der Waals surface area (Å²) in [4.78, 5) is 16.5. The summed E-state index contributed by atoms with van der Waals surface area (Å²) in [5.41, 5.74) is 3.96. The molecule has 1 heterocycles. The van der Waals surface area contributed by atoms with Gasteiger partial charge in [-0.25, -0.2) is 4.98 Å². The number of aromatic hydroxyl groups is 1. The van der Waals surface area contributed by atoms with E-state index in [1.807, 2.05) is 10.8 Å². The van der Waals surface area contributed by atoms with Gasteiger partial charge in [0.25, 0.3) is 0 Å². The lowest BCUT2D eigenvalue weighted by Crippen LogP contribution is -2.14. The second kappa shape index (κ2) is 7.44. The molecule has 0 fully saturated rings. The normalized spacial score (nSPS) is 10.6. The Kier molecular flexibility index (Phi) is 5.09. The minimum absolute atomic E-state index is 0.121. The molecule has 2 aromatic carbocycles. The molecule has 0 aliphatic carbocycles. The standard InChI is InChI=1S/C19H19N3O2S/c1-13-6-7-14(2)17(10-13)22-9-8-20-19(22)25-12-18(24)21-15-4-3-5-16(23)11-15/h3-11,23H,12H2,1-2H3,(H,21,24). The van der Waals surface area contributed by atoms with Gasteiger partial charge in [0.15, 0.2) is 5.16 Å². The van der Waals surface area contributed by atoms with Crippen molar-refractivity contribution in [1.82, 2.24) is 9.55 Å². The Hall–Kier alpha value is -2.73. The van der Waals surface area contributed by atoms with Gasteiger partial charge in [0.1, 0.15) is 5.75 Å². The van der Waals surface area contributed by atoms with E-state index in [1.54, 1.807) is 24.4 Å². The number of nitrogens with zero attached hydrogens (tertiary/aromatic N) is 2. The van der Waals surface area contributed by atoms with E-state index in [9.17, 15) is 9.90 Å². The maximum atomic E-state index is 12.1. The first-order valence-electron chi connectivity index (χ1n) is 7.85. The van der Waals surface area contributed by atoms with Crippen LogP contribution in [-0.4, -0.2) is 26.3 Å². The van der Waals surface area contributed by atoms with Crippen LogP contribution >= 0.6 is 11.8 Å². The number of phenolic OH excluding ortho intramolecular Hbond substituents is 1. The summed E-state index contributed by atoms with van der Waals surface area (Å²) in [6, 6.07) is 12.8. The van der Waals surface area contributed by atoms with Gasteiger partial charge in [0, 0.05) is 24.1 Å². The number of aryl methyl sites for hydroxylation is 2. The highest BCUT2D eigenvalue weighted by Gasteiger charge is 2.11. The zero-order valence-corrected chi connectivity index (χ0v) is 14.9. The number of aromatic nitrogens is 2. The molecule has 0 radical (unpaired) electrons. The third kappa shape index (κ3) is 4.22. The second-order valence-corrected chi connectivity index (χ2v) is 6.70. The first kappa shape index (κ1) is 17.1. The van der Waals surface area contributed by atoms with Crippen LogP contribution in [-0.2, 0) is 4.79 Å². The van der Waals surface area contributed by atoms with Gasteiger partial charge in [0.2, 0.25) is 5.91 Å². The fourth-order valence-electron chi connectivity index (χ4n) is 2.47. The van der Waals surface area contributed by atoms with E-state index < -0.39 is 0 Å².